The SMILES string of the molecule is CC(C)(C)[S@@](=O)N[C@@H]1CCCC12CCN(c1cnc(Sc3ccnc(N)c3Cl)c(I)n1)CC2.CC(C)(C)[S@@](=O)N[C@@H]1CCCC12CCNCC2.Cc1nccc(Sc2ncc(Cl)nc2I)c1Cl.N#Cc1nc(N2CCC3(CCC[C@H]3N)CC2)cnc1Sc1ccnc(N)c1Cl.Nc1nccc(Sc2ncc(Cl)nc2I)c1Cl. The monoisotopic (exact) mass is 2090 g/mol. The van der Waals surface area contributed by atoms with Gasteiger partial charge in [-0.05, 0) is 247 Å². The van der Waals surface area contributed by atoms with Crippen LogP contribution in [0, 0.1) is 45.6 Å². The molecule has 3 saturated carbocycles. The van der Waals surface area contributed by atoms with Crippen molar-refractivity contribution in [1.82, 2.24) is 74.6 Å². The molecule has 3 aliphatic carbocycles. The summed E-state index contributed by atoms with van der Waals surface area (Å²) in [5.41, 5.74) is 25.6. The number of halogens is 9. The molecule has 14 rings (SSSR count). The number of nitrogens with zero attached hydrogens (tertiary/aromatic N) is 15. The van der Waals surface area contributed by atoms with E-state index in [1.807, 2.05) is 66.8 Å². The Morgan fingerprint density at radius 1 is 0.500 bits per heavy atom. The number of nitrogens with one attached hydrogen (secondary N) is 3. The normalized spacial score (nSPS) is 19.4. The van der Waals surface area contributed by atoms with Crippen LogP contribution in [0.5, 0.6) is 0 Å². The lowest BCUT2D eigenvalue weighted by Gasteiger charge is -2.44. The molecule has 3 saturated heterocycles. The summed E-state index contributed by atoms with van der Waals surface area (Å²) in [5, 5.41) is 18.4. The maximum Gasteiger partial charge on any atom is 0.175 e. The van der Waals surface area contributed by atoms with Crippen molar-refractivity contribution < 1.29 is 8.42 Å². The van der Waals surface area contributed by atoms with Gasteiger partial charge in [-0.3, -0.25) is 4.98 Å². The molecule has 8 aromatic rings. The molecule has 11 heterocycles. The Hall–Kier alpha value is -3.12. The van der Waals surface area contributed by atoms with Gasteiger partial charge in [0.05, 0.1) is 82.0 Å². The predicted molar refractivity (Wildman–Crippen MR) is 484 cm³/mol. The first-order chi connectivity index (χ1) is 53.2. The molecule has 6 fully saturated rings. The molecule has 0 radical (unpaired) electrons. The lowest BCUT2D eigenvalue weighted by atomic mass is 9.74. The molecule has 112 heavy (non-hydrogen) atoms. The first-order valence-electron chi connectivity index (χ1n) is 36.2. The number of pyridine rings is 4. The van der Waals surface area contributed by atoms with E-state index in [0.29, 0.717) is 79.2 Å². The first-order valence-corrected chi connectivity index (χ1v) is 47.3. The van der Waals surface area contributed by atoms with E-state index in [1.165, 1.54) is 117 Å². The van der Waals surface area contributed by atoms with Gasteiger partial charge in [0.15, 0.2) is 5.69 Å². The molecule has 39 heteroatoms. The average molecular weight is 2090 g/mol. The minimum Gasteiger partial charge on any atom is -0.382 e. The minimum absolute atomic E-state index is 0.156. The van der Waals surface area contributed by atoms with Gasteiger partial charge in [-0.2, -0.15) is 5.26 Å². The van der Waals surface area contributed by atoms with Crippen LogP contribution >= 0.6 is 184 Å². The topological polar surface area (TPSA) is 359 Å². The summed E-state index contributed by atoms with van der Waals surface area (Å²) in [6.45, 7) is 20.0. The zero-order chi connectivity index (χ0) is 80.9. The molecular formula is C73H89Cl6I3N22O2S6. The molecule has 0 unspecified atom stereocenters. The molecule has 3 aliphatic heterocycles. The minimum atomic E-state index is -1.04. The largest absolute Gasteiger partial charge is 0.382 e. The predicted octanol–water partition coefficient (Wildman–Crippen LogP) is 18.0. The third kappa shape index (κ3) is 23.9. The number of nitrogen functional groups attached to an aromatic ring is 3. The van der Waals surface area contributed by atoms with E-state index in [2.05, 4.69) is 153 Å². The number of anilines is 5. The Kier molecular flexibility index (Phi) is 33.6. The summed E-state index contributed by atoms with van der Waals surface area (Å²) in [5.74, 6) is 2.51. The maximum absolute atomic E-state index is 12.7. The van der Waals surface area contributed by atoms with E-state index in [9.17, 15) is 13.7 Å². The van der Waals surface area contributed by atoms with Gasteiger partial charge in [0.2, 0.25) is 0 Å². The van der Waals surface area contributed by atoms with E-state index in [0.717, 1.165) is 132 Å². The summed E-state index contributed by atoms with van der Waals surface area (Å²) in [4.78, 5) is 58.9. The van der Waals surface area contributed by atoms with Crippen molar-refractivity contribution in [1.29, 1.82) is 5.26 Å². The quantitative estimate of drug-likeness (QED) is 0.0497. The van der Waals surface area contributed by atoms with Gasteiger partial charge in [0, 0.05) is 88.7 Å². The highest BCUT2D eigenvalue weighted by atomic mass is 127. The molecule has 602 valence electrons. The van der Waals surface area contributed by atoms with Crippen LogP contribution in [-0.2, 0) is 22.0 Å². The zero-order valence-electron chi connectivity index (χ0n) is 62.7. The Morgan fingerprint density at radius 3 is 1.26 bits per heavy atom. The van der Waals surface area contributed by atoms with Crippen LogP contribution in [-0.4, -0.2) is 135 Å². The molecule has 3 spiro atoms. The molecule has 0 amide bonds. The lowest BCUT2D eigenvalue weighted by Crippen LogP contribution is -2.51. The van der Waals surface area contributed by atoms with Crippen LogP contribution in [0.25, 0.3) is 0 Å². The molecule has 11 N–H and O–H groups in total. The number of rotatable bonds is 14. The Balaban J connectivity index is 0.000000153. The summed E-state index contributed by atoms with van der Waals surface area (Å²) >= 11 is 48.1. The Labute approximate surface area is 748 Å². The second kappa shape index (κ2) is 41.2. The first kappa shape index (κ1) is 91.2. The maximum atomic E-state index is 12.7. The smallest absolute Gasteiger partial charge is 0.175 e. The number of aromatic nitrogens is 12. The molecule has 6 aliphatic rings. The number of hydrogen-bond acceptors (Lipinski definition) is 26. The van der Waals surface area contributed by atoms with E-state index in [1.54, 1.807) is 43.1 Å². The summed E-state index contributed by atoms with van der Waals surface area (Å²) in [7, 11) is -1.96. The lowest BCUT2D eigenvalue weighted by molar-refractivity contribution is 0.175. The van der Waals surface area contributed by atoms with Crippen molar-refractivity contribution in [2.24, 2.45) is 22.0 Å². The number of hydrogen-bond donors (Lipinski definition) is 7. The van der Waals surface area contributed by atoms with Crippen molar-refractivity contribution >= 4 is 235 Å². The fraction of sp³-hybridized carbons (Fsp3) is 0.493. The van der Waals surface area contributed by atoms with Crippen LogP contribution in [0.2, 0.25) is 30.4 Å². The van der Waals surface area contributed by atoms with Gasteiger partial charge in [-0.1, -0.05) is 136 Å². The number of piperidine rings is 3. The molecule has 0 aromatic carbocycles. The van der Waals surface area contributed by atoms with Crippen molar-refractivity contribution in [3.63, 3.8) is 0 Å². The van der Waals surface area contributed by atoms with Gasteiger partial charge >= 0.3 is 0 Å². The summed E-state index contributed by atoms with van der Waals surface area (Å²) in [6, 6.07) is 10.5. The molecule has 5 atom stereocenters. The van der Waals surface area contributed by atoms with Crippen LogP contribution < -0.4 is 47.5 Å². The second-order valence-electron chi connectivity index (χ2n) is 29.7. The van der Waals surface area contributed by atoms with Crippen molar-refractivity contribution in [3.8, 4) is 6.07 Å². The van der Waals surface area contributed by atoms with Gasteiger partial charge in [0.25, 0.3) is 0 Å². The molecular weight excluding hydrogens is 2000 g/mol. The van der Waals surface area contributed by atoms with Gasteiger partial charge in [0.1, 0.15) is 76.7 Å². The average Bonchev–Trinajstić information content (AvgIpc) is 1.60. The fourth-order valence-electron chi connectivity index (χ4n) is 14.2. The van der Waals surface area contributed by atoms with Crippen molar-refractivity contribution in [2.45, 2.75) is 212 Å². The fourth-order valence-corrected chi connectivity index (χ4v) is 22.9. The Bertz CT molecular complexity index is 4590. The third-order valence-electron chi connectivity index (χ3n) is 20.5. The highest BCUT2D eigenvalue weighted by Crippen LogP contribution is 2.50. The van der Waals surface area contributed by atoms with E-state index in [4.69, 9.17) is 97.5 Å². The van der Waals surface area contributed by atoms with Crippen molar-refractivity contribution in [3.05, 3.63) is 127 Å². The highest BCUT2D eigenvalue weighted by Gasteiger charge is 2.48. The standard InChI is InChI=1S/C22H30ClIN6OS2.C19H22ClN7S.C13H26N2OS.C10H6Cl2IN3S.C9H5Cl2IN4S/c1-21(2,3)33(31)29-15-5-4-7-22(15)8-11-30(12-9-22)16-13-27-20(18(24)28-16)32-14-6-10-26-19(25)17(14)23;20-16-13(3-7-24-17(16)23)28-18-12(10-21)26-15(11-25-18)27-8-5-19(6-9-27)4-1-2-14(19)22;1-12(2,3)17(16)15-11-5-4-6-13(11)7-9-14-10-8-13;1-5-8(12)6(2-3-14-5)17-10-9(13)16-7(11)4-15-10;10-5-3-15-9(7(12)16-5)17-4-1-2-14-8(13)6(4)11/h6,10,13,15,29H,4-5,7-9,11-12H2,1-3H3,(H2,25,26);3,7,11,14H,1-2,4-6,8-9,22H2,(H2,23,24);11,14-15H,4-10H2,1-3H3;2-4H,1H3;1-3H,(H2,13,14)/t15-,33-;14-;11-,17-;;/m111../s1. The van der Waals surface area contributed by atoms with E-state index >= 15 is 0 Å². The summed E-state index contributed by atoms with van der Waals surface area (Å²) in [6.07, 6.45) is 30.8. The van der Waals surface area contributed by atoms with Gasteiger partial charge < -0.3 is 38.1 Å². The van der Waals surface area contributed by atoms with Crippen molar-refractivity contribution in [2.75, 3.05) is 66.3 Å². The zero-order valence-corrected chi connectivity index (χ0v) is 78.6. The highest BCUT2D eigenvalue weighted by molar-refractivity contribution is 14.1. The molecule has 8 aromatic heterocycles. The van der Waals surface area contributed by atoms with Crippen LogP contribution in [0.1, 0.15) is 149 Å². The van der Waals surface area contributed by atoms with E-state index in [-0.39, 0.29) is 31.8 Å². The number of nitrogens with two attached hydrogens (primary N) is 4. The van der Waals surface area contributed by atoms with Gasteiger partial charge in [-0.25, -0.2) is 72.7 Å². The van der Waals surface area contributed by atoms with Crippen LogP contribution in [0.4, 0.5) is 29.1 Å². The number of aryl methyl sites for hydroxylation is 1. The number of nitriles is 1. The van der Waals surface area contributed by atoms with Crippen LogP contribution in [0.3, 0.4) is 0 Å². The molecule has 24 nitrogen and oxygen atoms in total. The van der Waals surface area contributed by atoms with Gasteiger partial charge in [-0.15, -0.1) is 0 Å². The molecule has 0 bridgehead atoms. The van der Waals surface area contributed by atoms with E-state index < -0.39 is 22.0 Å². The second-order valence-corrected chi connectivity index (χ2v) is 43.2. The third-order valence-corrected chi connectivity index (χ3v) is 33.8. The van der Waals surface area contributed by atoms with Crippen LogP contribution in [0.15, 0.2) is 114 Å². The summed E-state index contributed by atoms with van der Waals surface area (Å²) < 4.78 is 33.8. The Morgan fingerprint density at radius 2 is 0.857 bits per heavy atom.